The molecule has 0 saturated carbocycles. The lowest BCUT2D eigenvalue weighted by Crippen LogP contribution is -2.33. The van der Waals surface area contributed by atoms with Gasteiger partial charge in [-0.25, -0.2) is 0 Å². The summed E-state index contributed by atoms with van der Waals surface area (Å²) in [5, 5.41) is 5.99. The van der Waals surface area contributed by atoms with E-state index in [2.05, 4.69) is 24.5 Å². The van der Waals surface area contributed by atoms with Gasteiger partial charge in [-0.2, -0.15) is 0 Å². The minimum absolute atomic E-state index is 0.255. The first kappa shape index (κ1) is 20.5. The lowest BCUT2D eigenvalue weighted by Gasteiger charge is -2.15. The molecule has 0 unspecified atom stereocenters. The Labute approximate surface area is 165 Å². The molecule has 0 bridgehead atoms. The Balaban J connectivity index is 1.99. The third kappa shape index (κ3) is 5.82. The van der Waals surface area contributed by atoms with Crippen LogP contribution in [0.25, 0.3) is 6.08 Å². The minimum atomic E-state index is -0.315. The molecule has 0 radical (unpaired) electrons. The second-order valence-electron chi connectivity index (χ2n) is 6.13. The molecule has 2 rings (SSSR count). The highest BCUT2D eigenvalue weighted by atomic mass is 32.1. The number of carbonyl (C=O) groups excluding carboxylic acids is 1. The van der Waals surface area contributed by atoms with E-state index in [0.29, 0.717) is 17.4 Å². The van der Waals surface area contributed by atoms with E-state index in [4.69, 9.17) is 21.7 Å². The van der Waals surface area contributed by atoms with Crippen LogP contribution in [0, 0.1) is 0 Å². The summed E-state index contributed by atoms with van der Waals surface area (Å²) in [4.78, 5) is 12.1. The molecule has 1 amide bonds. The highest BCUT2D eigenvalue weighted by Gasteiger charge is 2.08. The van der Waals surface area contributed by atoms with E-state index in [1.807, 2.05) is 30.3 Å². The maximum absolute atomic E-state index is 12.1. The molecule has 2 aromatic rings. The number of benzene rings is 2. The second-order valence-corrected chi connectivity index (χ2v) is 6.54. The van der Waals surface area contributed by atoms with Crippen molar-refractivity contribution in [2.75, 3.05) is 19.5 Å². The Kier molecular flexibility index (Phi) is 7.37. The average molecular weight is 385 g/mol. The molecule has 0 spiro atoms. The highest BCUT2D eigenvalue weighted by molar-refractivity contribution is 7.80. The summed E-state index contributed by atoms with van der Waals surface area (Å²) in [6.07, 6.45) is 3.10. The van der Waals surface area contributed by atoms with E-state index in [0.717, 1.165) is 16.8 Å². The molecule has 5 nitrogen and oxygen atoms in total. The number of anilines is 1. The number of rotatable bonds is 6. The molecular weight excluding hydrogens is 360 g/mol. The molecule has 6 heteroatoms. The van der Waals surface area contributed by atoms with Crippen molar-refractivity contribution in [2.24, 2.45) is 0 Å². The van der Waals surface area contributed by atoms with E-state index < -0.39 is 0 Å². The van der Waals surface area contributed by atoms with Crippen LogP contribution in [-0.2, 0) is 4.79 Å². The summed E-state index contributed by atoms with van der Waals surface area (Å²) < 4.78 is 10.5. The lowest BCUT2D eigenvalue weighted by molar-refractivity contribution is -0.115. The van der Waals surface area contributed by atoms with Gasteiger partial charge in [-0.05, 0) is 53.5 Å². The number of nitrogens with one attached hydrogen (secondary N) is 2. The molecule has 0 aliphatic rings. The maximum atomic E-state index is 12.1. The van der Waals surface area contributed by atoms with E-state index in [1.165, 1.54) is 6.08 Å². The Morgan fingerprint density at radius 3 is 2.44 bits per heavy atom. The predicted octanol–water partition coefficient (Wildman–Crippen LogP) is 4.35. The average Bonchev–Trinajstić information content (AvgIpc) is 2.66. The number of amides is 1. The Morgan fingerprint density at radius 1 is 1.07 bits per heavy atom. The molecule has 0 aliphatic heterocycles. The van der Waals surface area contributed by atoms with Gasteiger partial charge in [0.15, 0.2) is 16.6 Å². The molecule has 2 aromatic carbocycles. The minimum Gasteiger partial charge on any atom is -0.493 e. The normalized spacial score (nSPS) is 10.7. The number of methoxy groups -OCH3 is 2. The molecule has 0 saturated heterocycles. The summed E-state index contributed by atoms with van der Waals surface area (Å²) in [5.41, 5.74) is 2.84. The topological polar surface area (TPSA) is 59.6 Å². The third-order valence-electron chi connectivity index (χ3n) is 3.90. The van der Waals surface area contributed by atoms with E-state index in [-0.39, 0.29) is 11.0 Å². The van der Waals surface area contributed by atoms with Crippen LogP contribution in [0.2, 0.25) is 0 Å². The van der Waals surface area contributed by atoms with Crippen molar-refractivity contribution in [2.45, 2.75) is 19.8 Å². The zero-order valence-electron chi connectivity index (χ0n) is 15.9. The summed E-state index contributed by atoms with van der Waals surface area (Å²) in [7, 11) is 3.14. The first-order valence-electron chi connectivity index (χ1n) is 8.55. The largest absolute Gasteiger partial charge is 0.493 e. The fraction of sp³-hybridized carbons (Fsp3) is 0.238. The molecule has 0 aromatic heterocycles. The first-order valence-corrected chi connectivity index (χ1v) is 8.96. The fourth-order valence-electron chi connectivity index (χ4n) is 2.55. The van der Waals surface area contributed by atoms with Gasteiger partial charge in [0.1, 0.15) is 0 Å². The Morgan fingerprint density at radius 2 is 1.78 bits per heavy atom. The number of carbonyl (C=O) groups is 1. The van der Waals surface area contributed by atoms with Gasteiger partial charge < -0.3 is 14.8 Å². The lowest BCUT2D eigenvalue weighted by atomic mass is 10.0. The van der Waals surface area contributed by atoms with Gasteiger partial charge in [0.05, 0.1) is 14.2 Å². The van der Waals surface area contributed by atoms with Crippen LogP contribution in [0.1, 0.15) is 30.9 Å². The van der Waals surface area contributed by atoms with Crippen molar-refractivity contribution in [1.82, 2.24) is 5.32 Å². The smallest absolute Gasteiger partial charge is 0.250 e. The highest BCUT2D eigenvalue weighted by Crippen LogP contribution is 2.28. The van der Waals surface area contributed by atoms with Gasteiger partial charge in [-0.15, -0.1) is 0 Å². The van der Waals surface area contributed by atoms with Crippen LogP contribution in [0.4, 0.5) is 5.69 Å². The second kappa shape index (κ2) is 9.73. The first-order chi connectivity index (χ1) is 12.9. The van der Waals surface area contributed by atoms with Crippen molar-refractivity contribution in [3.8, 4) is 11.5 Å². The summed E-state index contributed by atoms with van der Waals surface area (Å²) in [5.74, 6) is 1.26. The molecule has 0 fully saturated rings. The fourth-order valence-corrected chi connectivity index (χ4v) is 2.76. The number of ether oxygens (including phenoxy) is 2. The van der Waals surface area contributed by atoms with Crippen LogP contribution in [0.5, 0.6) is 11.5 Å². The van der Waals surface area contributed by atoms with Crippen molar-refractivity contribution in [3.05, 3.63) is 59.7 Å². The molecule has 142 valence electrons. The van der Waals surface area contributed by atoms with E-state index in [1.54, 1.807) is 32.4 Å². The van der Waals surface area contributed by atoms with Crippen molar-refractivity contribution in [1.29, 1.82) is 0 Å². The zero-order valence-corrected chi connectivity index (χ0v) is 16.7. The predicted molar refractivity (Wildman–Crippen MR) is 113 cm³/mol. The zero-order chi connectivity index (χ0) is 19.8. The van der Waals surface area contributed by atoms with Gasteiger partial charge in [0, 0.05) is 11.8 Å². The van der Waals surface area contributed by atoms with Gasteiger partial charge in [-0.3, -0.25) is 10.1 Å². The number of hydrogen-bond acceptors (Lipinski definition) is 4. The van der Waals surface area contributed by atoms with Gasteiger partial charge >= 0.3 is 0 Å². The van der Waals surface area contributed by atoms with Crippen LogP contribution >= 0.6 is 12.2 Å². The quantitative estimate of drug-likeness (QED) is 0.573. The molecular formula is C21H24N2O3S. The van der Waals surface area contributed by atoms with Crippen molar-refractivity contribution in [3.63, 3.8) is 0 Å². The number of para-hydroxylation sites is 1. The van der Waals surface area contributed by atoms with Gasteiger partial charge in [0.25, 0.3) is 0 Å². The third-order valence-corrected chi connectivity index (χ3v) is 4.11. The molecule has 0 heterocycles. The molecule has 2 N–H and O–H groups in total. The van der Waals surface area contributed by atoms with Crippen LogP contribution in [0.15, 0.2) is 48.5 Å². The van der Waals surface area contributed by atoms with Gasteiger partial charge in [0.2, 0.25) is 5.91 Å². The van der Waals surface area contributed by atoms with Crippen molar-refractivity contribution >= 4 is 35.0 Å². The summed E-state index contributed by atoms with van der Waals surface area (Å²) in [6.45, 7) is 4.21. The molecule has 0 aliphatic carbocycles. The SMILES string of the molecule is COc1ccc(/C=C/C(=O)NC(=S)Nc2ccccc2C(C)C)cc1OC. The summed E-state index contributed by atoms with van der Waals surface area (Å²) in [6, 6.07) is 13.3. The monoisotopic (exact) mass is 384 g/mol. The summed E-state index contributed by atoms with van der Waals surface area (Å²) >= 11 is 5.25. The van der Waals surface area contributed by atoms with E-state index >= 15 is 0 Å². The Hall–Kier alpha value is -2.86. The number of thiocarbonyl (C=S) groups is 1. The molecule has 0 atom stereocenters. The van der Waals surface area contributed by atoms with Crippen LogP contribution in [0.3, 0.4) is 0 Å². The number of hydrogen-bond donors (Lipinski definition) is 2. The van der Waals surface area contributed by atoms with Crippen molar-refractivity contribution < 1.29 is 14.3 Å². The maximum Gasteiger partial charge on any atom is 0.250 e. The molecule has 27 heavy (non-hydrogen) atoms. The van der Waals surface area contributed by atoms with Gasteiger partial charge in [-0.1, -0.05) is 38.1 Å². The van der Waals surface area contributed by atoms with E-state index in [9.17, 15) is 4.79 Å². The van der Waals surface area contributed by atoms with Crippen LogP contribution in [-0.4, -0.2) is 25.2 Å². The Bertz CT molecular complexity index is 847. The van der Waals surface area contributed by atoms with Crippen LogP contribution < -0.4 is 20.1 Å². The standard InChI is InChI=1S/C21H24N2O3S/c1-14(2)16-7-5-6-8-17(16)22-21(27)23-20(24)12-10-15-9-11-18(25-3)19(13-15)26-4/h5-14H,1-4H3,(H2,22,23,24,27)/b12-10+.